The number of methoxy groups -OCH3 is 2. The van der Waals surface area contributed by atoms with E-state index in [2.05, 4.69) is 4.99 Å². The predicted molar refractivity (Wildman–Crippen MR) is 106 cm³/mol. The number of amidine groups is 1. The predicted octanol–water partition coefficient (Wildman–Crippen LogP) is 2.30. The fraction of sp³-hybridized carbons (Fsp3) is 0.150. The minimum Gasteiger partial charge on any atom is -0.545 e. The lowest BCUT2D eigenvalue weighted by Gasteiger charge is -2.08. The van der Waals surface area contributed by atoms with Gasteiger partial charge in [0.25, 0.3) is 5.91 Å². The molecule has 8 heteroatoms. The summed E-state index contributed by atoms with van der Waals surface area (Å²) < 4.78 is 10.6. The Hall–Kier alpha value is -3.26. The van der Waals surface area contributed by atoms with Crippen LogP contribution in [0.15, 0.2) is 52.4 Å². The Kier molecular flexibility index (Phi) is 5.70. The van der Waals surface area contributed by atoms with Crippen LogP contribution in [0.1, 0.15) is 15.9 Å². The largest absolute Gasteiger partial charge is 0.545 e. The summed E-state index contributed by atoms with van der Waals surface area (Å²) in [5, 5.41) is 11.3. The second kappa shape index (κ2) is 8.18. The quantitative estimate of drug-likeness (QED) is 0.719. The average molecular weight is 397 g/mol. The summed E-state index contributed by atoms with van der Waals surface area (Å²) in [6.07, 6.45) is 1.74. The van der Waals surface area contributed by atoms with E-state index in [-0.39, 0.29) is 11.5 Å². The summed E-state index contributed by atoms with van der Waals surface area (Å²) in [5.74, 6) is -0.191. The zero-order valence-corrected chi connectivity index (χ0v) is 16.3. The van der Waals surface area contributed by atoms with Crippen molar-refractivity contribution in [3.63, 3.8) is 0 Å². The number of amides is 1. The Morgan fingerprint density at radius 1 is 1.14 bits per heavy atom. The first-order chi connectivity index (χ1) is 13.4. The van der Waals surface area contributed by atoms with E-state index in [0.29, 0.717) is 27.3 Å². The second-order valence-electron chi connectivity index (χ2n) is 5.81. The Morgan fingerprint density at radius 3 is 2.46 bits per heavy atom. The smallest absolute Gasteiger partial charge is 0.266 e. The van der Waals surface area contributed by atoms with Crippen LogP contribution >= 0.6 is 11.8 Å². The van der Waals surface area contributed by atoms with Crippen molar-refractivity contribution in [1.29, 1.82) is 0 Å². The standard InChI is InChI=1S/C20H18N2O5S/c1-22-18(23)17(10-13-6-9-15(26-2)11-16(13)27-3)28-20(22)21-14-7-4-12(5-8-14)19(24)25/h4-11H,1-3H3,(H,24,25)/p-1/b17-10-,21-20?. The molecule has 1 heterocycles. The van der Waals surface area contributed by atoms with Crippen molar-refractivity contribution in [1.82, 2.24) is 4.90 Å². The zero-order valence-electron chi connectivity index (χ0n) is 15.5. The first-order valence-electron chi connectivity index (χ1n) is 8.22. The molecule has 7 nitrogen and oxygen atoms in total. The van der Waals surface area contributed by atoms with Gasteiger partial charge in [0.05, 0.1) is 30.8 Å². The molecule has 28 heavy (non-hydrogen) atoms. The highest BCUT2D eigenvalue weighted by atomic mass is 32.2. The number of thioether (sulfide) groups is 1. The molecule has 144 valence electrons. The normalized spacial score (nSPS) is 16.7. The number of rotatable bonds is 5. The molecule has 1 aliphatic rings. The molecule has 1 aliphatic heterocycles. The molecule has 2 aromatic carbocycles. The van der Waals surface area contributed by atoms with Gasteiger partial charge in [-0.3, -0.25) is 9.69 Å². The van der Waals surface area contributed by atoms with Crippen molar-refractivity contribution in [3.8, 4) is 11.5 Å². The minimum absolute atomic E-state index is 0.0691. The average Bonchev–Trinajstić information content (AvgIpc) is 2.96. The molecule has 0 spiro atoms. The number of ether oxygens (including phenoxy) is 2. The van der Waals surface area contributed by atoms with Crippen LogP contribution in [0.3, 0.4) is 0 Å². The lowest BCUT2D eigenvalue weighted by atomic mass is 10.1. The molecule has 2 aromatic rings. The Labute approximate surface area is 166 Å². The van der Waals surface area contributed by atoms with Crippen molar-refractivity contribution in [3.05, 3.63) is 58.5 Å². The van der Waals surface area contributed by atoms with Crippen LogP contribution in [0, 0.1) is 0 Å². The van der Waals surface area contributed by atoms with Crippen LogP contribution < -0.4 is 14.6 Å². The Balaban J connectivity index is 1.89. The van der Waals surface area contributed by atoms with Crippen LogP contribution in [-0.2, 0) is 4.79 Å². The van der Waals surface area contributed by atoms with Crippen molar-refractivity contribution in [2.75, 3.05) is 21.3 Å². The molecule has 0 atom stereocenters. The maximum atomic E-state index is 12.6. The van der Waals surface area contributed by atoms with E-state index in [9.17, 15) is 14.7 Å². The summed E-state index contributed by atoms with van der Waals surface area (Å²) >= 11 is 1.23. The highest BCUT2D eigenvalue weighted by Crippen LogP contribution is 2.35. The van der Waals surface area contributed by atoms with Gasteiger partial charge < -0.3 is 19.4 Å². The number of nitrogens with zero attached hydrogens (tertiary/aromatic N) is 2. The van der Waals surface area contributed by atoms with Gasteiger partial charge in [-0.1, -0.05) is 12.1 Å². The number of carboxylic acids is 1. The van der Waals surface area contributed by atoms with Gasteiger partial charge in [0.15, 0.2) is 5.17 Å². The molecule has 3 rings (SSSR count). The van der Waals surface area contributed by atoms with Crippen LogP contribution in [-0.4, -0.2) is 43.2 Å². The third kappa shape index (κ3) is 4.01. The molecule has 0 aromatic heterocycles. The van der Waals surface area contributed by atoms with Crippen molar-refractivity contribution in [2.45, 2.75) is 0 Å². The first-order valence-corrected chi connectivity index (χ1v) is 9.04. The van der Waals surface area contributed by atoms with Gasteiger partial charge in [0, 0.05) is 18.7 Å². The van der Waals surface area contributed by atoms with Gasteiger partial charge in [-0.15, -0.1) is 0 Å². The van der Waals surface area contributed by atoms with E-state index in [0.717, 1.165) is 5.56 Å². The number of likely N-dealkylation sites (N-methyl/N-ethyl adjacent to an activating group) is 1. The van der Waals surface area contributed by atoms with E-state index in [1.165, 1.54) is 28.8 Å². The third-order valence-corrected chi connectivity index (χ3v) is 5.12. The van der Waals surface area contributed by atoms with E-state index in [1.54, 1.807) is 51.6 Å². The first kappa shape index (κ1) is 19.5. The highest BCUT2D eigenvalue weighted by Gasteiger charge is 2.30. The van der Waals surface area contributed by atoms with Crippen LogP contribution in [0.4, 0.5) is 5.69 Å². The summed E-state index contributed by atoms with van der Waals surface area (Å²) in [4.78, 5) is 29.8. The third-order valence-electron chi connectivity index (χ3n) is 4.06. The van der Waals surface area contributed by atoms with Crippen molar-refractivity contribution >= 4 is 40.6 Å². The van der Waals surface area contributed by atoms with E-state index >= 15 is 0 Å². The molecule has 0 saturated carbocycles. The van der Waals surface area contributed by atoms with E-state index in [4.69, 9.17) is 9.47 Å². The topological polar surface area (TPSA) is 91.3 Å². The van der Waals surface area contributed by atoms with Gasteiger partial charge in [-0.25, -0.2) is 4.99 Å². The number of carbonyl (C=O) groups excluding carboxylic acids is 2. The fourth-order valence-electron chi connectivity index (χ4n) is 2.51. The molecule has 0 bridgehead atoms. The van der Waals surface area contributed by atoms with Crippen LogP contribution in [0.2, 0.25) is 0 Å². The van der Waals surface area contributed by atoms with Crippen LogP contribution in [0.5, 0.6) is 11.5 Å². The molecule has 0 unspecified atom stereocenters. The van der Waals surface area contributed by atoms with Gasteiger partial charge in [0.1, 0.15) is 11.5 Å². The maximum Gasteiger partial charge on any atom is 0.266 e. The number of hydrogen-bond acceptors (Lipinski definition) is 7. The van der Waals surface area contributed by atoms with Crippen molar-refractivity contribution in [2.24, 2.45) is 4.99 Å². The minimum atomic E-state index is -1.25. The summed E-state index contributed by atoms with van der Waals surface area (Å²) in [5.41, 5.74) is 1.35. The lowest BCUT2D eigenvalue weighted by Crippen LogP contribution is -2.23. The van der Waals surface area contributed by atoms with Crippen molar-refractivity contribution < 1.29 is 24.2 Å². The number of carboxylic acid groups (broad SMARTS) is 1. The molecule has 0 N–H and O–H groups in total. The molecular weight excluding hydrogens is 380 g/mol. The summed E-state index contributed by atoms with van der Waals surface area (Å²) in [6.45, 7) is 0. The zero-order chi connectivity index (χ0) is 20.3. The lowest BCUT2D eigenvalue weighted by molar-refractivity contribution is -0.255. The highest BCUT2D eigenvalue weighted by molar-refractivity contribution is 8.18. The molecule has 1 amide bonds. The molecular formula is C20H17N2O5S-. The molecule has 1 fully saturated rings. The summed E-state index contributed by atoms with van der Waals surface area (Å²) in [6, 6.07) is 11.3. The van der Waals surface area contributed by atoms with E-state index < -0.39 is 5.97 Å². The van der Waals surface area contributed by atoms with Gasteiger partial charge in [-0.05, 0) is 47.7 Å². The maximum absolute atomic E-state index is 12.6. The number of carbonyl (C=O) groups is 2. The number of hydrogen-bond donors (Lipinski definition) is 0. The number of benzene rings is 2. The summed E-state index contributed by atoms with van der Waals surface area (Å²) in [7, 11) is 4.76. The molecule has 1 saturated heterocycles. The number of aliphatic imine (C=N–C) groups is 1. The van der Waals surface area contributed by atoms with Gasteiger partial charge in [0.2, 0.25) is 0 Å². The number of aromatic carboxylic acids is 1. The SMILES string of the molecule is COc1ccc(/C=C2\SC(=Nc3ccc(C(=O)[O-])cc3)N(C)C2=O)c(OC)c1. The van der Waals surface area contributed by atoms with E-state index in [1.807, 2.05) is 6.07 Å². The Morgan fingerprint density at radius 2 is 1.86 bits per heavy atom. The molecule has 0 radical (unpaired) electrons. The van der Waals surface area contributed by atoms with Gasteiger partial charge in [-0.2, -0.15) is 0 Å². The fourth-order valence-corrected chi connectivity index (χ4v) is 3.49. The molecule has 0 aliphatic carbocycles. The Bertz CT molecular complexity index is 983. The van der Waals surface area contributed by atoms with Crippen LogP contribution in [0.25, 0.3) is 6.08 Å². The second-order valence-corrected chi connectivity index (χ2v) is 6.82. The monoisotopic (exact) mass is 397 g/mol. The van der Waals surface area contributed by atoms with Gasteiger partial charge >= 0.3 is 0 Å².